The van der Waals surface area contributed by atoms with Gasteiger partial charge in [0.25, 0.3) is 5.92 Å². The van der Waals surface area contributed by atoms with E-state index < -0.39 is 12.5 Å². The number of aliphatic hydroxyl groups excluding tert-OH is 1. The zero-order chi connectivity index (χ0) is 10.8. The summed E-state index contributed by atoms with van der Waals surface area (Å²) in [7, 11) is 1.39. The topological polar surface area (TPSA) is 29.5 Å². The van der Waals surface area contributed by atoms with Crippen molar-refractivity contribution in [1.29, 1.82) is 0 Å². The fourth-order valence-electron chi connectivity index (χ4n) is 0.997. The summed E-state index contributed by atoms with van der Waals surface area (Å²) >= 11 is 2.99. The Morgan fingerprint density at radius 2 is 2.14 bits per heavy atom. The number of hydrogen-bond acceptors (Lipinski definition) is 2. The lowest BCUT2D eigenvalue weighted by Gasteiger charge is -2.16. The second-order valence-electron chi connectivity index (χ2n) is 2.71. The normalized spacial score (nSPS) is 11.5. The van der Waals surface area contributed by atoms with Crippen molar-refractivity contribution in [3.8, 4) is 5.75 Å². The molecule has 0 spiro atoms. The van der Waals surface area contributed by atoms with Crippen LogP contribution in [0.25, 0.3) is 0 Å². The zero-order valence-electron chi connectivity index (χ0n) is 7.43. The van der Waals surface area contributed by atoms with Gasteiger partial charge in [0.1, 0.15) is 12.4 Å². The lowest BCUT2D eigenvalue weighted by atomic mass is 10.1. The monoisotopic (exact) mass is 266 g/mol. The van der Waals surface area contributed by atoms with Crippen molar-refractivity contribution < 1.29 is 18.6 Å². The van der Waals surface area contributed by atoms with Crippen LogP contribution in [0.15, 0.2) is 22.7 Å². The van der Waals surface area contributed by atoms with Gasteiger partial charge in [-0.05, 0) is 18.2 Å². The molecule has 0 unspecified atom stereocenters. The van der Waals surface area contributed by atoms with Crippen LogP contribution in [0.1, 0.15) is 5.56 Å². The molecule has 14 heavy (non-hydrogen) atoms. The largest absolute Gasteiger partial charge is 0.497 e. The van der Waals surface area contributed by atoms with Gasteiger partial charge in [0, 0.05) is 10.0 Å². The first kappa shape index (κ1) is 11.4. The molecule has 1 rings (SSSR count). The summed E-state index contributed by atoms with van der Waals surface area (Å²) in [5.74, 6) is -2.93. The molecule has 0 aliphatic heterocycles. The fraction of sp³-hybridized carbons (Fsp3) is 0.333. The van der Waals surface area contributed by atoms with E-state index in [2.05, 4.69) is 15.9 Å². The van der Waals surface area contributed by atoms with E-state index in [1.165, 1.54) is 19.2 Å². The van der Waals surface area contributed by atoms with Crippen molar-refractivity contribution >= 4 is 15.9 Å². The molecule has 0 atom stereocenters. The molecule has 0 aliphatic rings. The maximum atomic E-state index is 13.1. The molecule has 0 aliphatic carbocycles. The molecule has 78 valence electrons. The third-order valence-corrected chi connectivity index (χ3v) is 2.46. The molecule has 0 bridgehead atoms. The molecule has 2 nitrogen and oxygen atoms in total. The van der Waals surface area contributed by atoms with E-state index in [1.54, 1.807) is 6.07 Å². The molecular formula is C9H9BrF2O2. The zero-order valence-corrected chi connectivity index (χ0v) is 9.01. The Morgan fingerprint density at radius 3 is 2.64 bits per heavy atom. The minimum absolute atomic E-state index is 0.248. The van der Waals surface area contributed by atoms with Crippen LogP contribution in [-0.2, 0) is 5.92 Å². The molecule has 0 saturated carbocycles. The Bertz CT molecular complexity index is 329. The standard InChI is InChI=1S/C9H9BrF2O2/c1-14-6-2-3-8(10)7(4-6)9(11,12)5-13/h2-4,13H,5H2,1H3. The first-order valence-electron chi connectivity index (χ1n) is 3.84. The highest BCUT2D eigenvalue weighted by molar-refractivity contribution is 9.10. The van der Waals surface area contributed by atoms with Gasteiger partial charge in [0.2, 0.25) is 0 Å². The van der Waals surface area contributed by atoms with Gasteiger partial charge in [-0.15, -0.1) is 0 Å². The van der Waals surface area contributed by atoms with E-state index >= 15 is 0 Å². The molecule has 0 fully saturated rings. The molecule has 0 amide bonds. The van der Waals surface area contributed by atoms with Crippen LogP contribution in [0.5, 0.6) is 5.75 Å². The van der Waals surface area contributed by atoms with Crippen LogP contribution in [0.4, 0.5) is 8.78 Å². The summed E-state index contributed by atoms with van der Waals surface area (Å²) in [5.41, 5.74) is -0.278. The van der Waals surface area contributed by atoms with Crippen molar-refractivity contribution in [2.24, 2.45) is 0 Å². The van der Waals surface area contributed by atoms with Crippen LogP contribution in [0.3, 0.4) is 0 Å². The Hall–Kier alpha value is -0.680. The van der Waals surface area contributed by atoms with Crippen LogP contribution < -0.4 is 4.74 Å². The summed E-state index contributed by atoms with van der Waals surface area (Å²) in [5, 5.41) is 8.52. The number of halogens is 3. The third kappa shape index (κ3) is 2.22. The molecule has 0 aromatic heterocycles. The highest BCUT2D eigenvalue weighted by Gasteiger charge is 2.33. The molecule has 1 aromatic carbocycles. The summed E-state index contributed by atoms with van der Waals surface area (Å²) < 4.78 is 31.3. The minimum atomic E-state index is -3.26. The smallest absolute Gasteiger partial charge is 0.297 e. The molecule has 0 radical (unpaired) electrons. The third-order valence-electron chi connectivity index (χ3n) is 1.77. The highest BCUT2D eigenvalue weighted by Crippen LogP contribution is 2.35. The van der Waals surface area contributed by atoms with Gasteiger partial charge in [-0.3, -0.25) is 0 Å². The molecule has 0 heterocycles. The Morgan fingerprint density at radius 1 is 1.50 bits per heavy atom. The predicted molar refractivity (Wildman–Crippen MR) is 51.7 cm³/mol. The number of hydrogen-bond donors (Lipinski definition) is 1. The molecule has 1 aromatic rings. The van der Waals surface area contributed by atoms with E-state index in [-0.39, 0.29) is 10.0 Å². The number of methoxy groups -OCH3 is 1. The van der Waals surface area contributed by atoms with Gasteiger partial charge in [-0.25, -0.2) is 0 Å². The molecule has 0 saturated heterocycles. The molecule has 1 N–H and O–H groups in total. The predicted octanol–water partition coefficient (Wildman–Crippen LogP) is 2.54. The lowest BCUT2D eigenvalue weighted by molar-refractivity contribution is -0.0563. The minimum Gasteiger partial charge on any atom is -0.497 e. The van der Waals surface area contributed by atoms with Gasteiger partial charge in [-0.1, -0.05) is 15.9 Å². The number of aliphatic hydroxyl groups is 1. The maximum Gasteiger partial charge on any atom is 0.297 e. The van der Waals surface area contributed by atoms with Crippen molar-refractivity contribution in [1.82, 2.24) is 0 Å². The average molecular weight is 267 g/mol. The van der Waals surface area contributed by atoms with Gasteiger partial charge in [-0.2, -0.15) is 8.78 Å². The second kappa shape index (κ2) is 4.23. The first-order chi connectivity index (χ1) is 6.51. The number of ether oxygens (including phenoxy) is 1. The lowest BCUT2D eigenvalue weighted by Crippen LogP contribution is -2.19. The summed E-state index contributed by atoms with van der Waals surface area (Å²) in [6.45, 7) is -1.22. The summed E-state index contributed by atoms with van der Waals surface area (Å²) in [6, 6.07) is 4.21. The second-order valence-corrected chi connectivity index (χ2v) is 3.56. The van der Waals surface area contributed by atoms with Crippen LogP contribution in [0.2, 0.25) is 0 Å². The number of benzene rings is 1. The van der Waals surface area contributed by atoms with Crippen molar-refractivity contribution in [2.75, 3.05) is 13.7 Å². The quantitative estimate of drug-likeness (QED) is 0.911. The Balaban J connectivity index is 3.18. The number of alkyl halides is 2. The van der Waals surface area contributed by atoms with Gasteiger partial charge in [0.05, 0.1) is 7.11 Å². The summed E-state index contributed by atoms with van der Waals surface area (Å²) in [6.07, 6.45) is 0. The van der Waals surface area contributed by atoms with E-state index in [4.69, 9.17) is 9.84 Å². The first-order valence-corrected chi connectivity index (χ1v) is 4.63. The van der Waals surface area contributed by atoms with Gasteiger partial charge >= 0.3 is 0 Å². The Labute approximate surface area is 88.6 Å². The van der Waals surface area contributed by atoms with Crippen molar-refractivity contribution in [3.63, 3.8) is 0 Å². The van der Waals surface area contributed by atoms with Crippen LogP contribution in [0, 0.1) is 0 Å². The summed E-state index contributed by atoms with van der Waals surface area (Å²) in [4.78, 5) is 0. The van der Waals surface area contributed by atoms with E-state index in [0.717, 1.165) is 0 Å². The van der Waals surface area contributed by atoms with E-state index in [0.29, 0.717) is 5.75 Å². The average Bonchev–Trinajstić information content (AvgIpc) is 2.18. The van der Waals surface area contributed by atoms with Gasteiger partial charge < -0.3 is 9.84 Å². The Kier molecular flexibility index (Phi) is 3.44. The van der Waals surface area contributed by atoms with Crippen molar-refractivity contribution in [2.45, 2.75) is 5.92 Å². The van der Waals surface area contributed by atoms with E-state index in [1.807, 2.05) is 0 Å². The SMILES string of the molecule is COc1ccc(Br)c(C(F)(F)CO)c1. The fourth-order valence-corrected chi connectivity index (χ4v) is 1.53. The van der Waals surface area contributed by atoms with Crippen LogP contribution in [-0.4, -0.2) is 18.8 Å². The highest BCUT2D eigenvalue weighted by atomic mass is 79.9. The van der Waals surface area contributed by atoms with E-state index in [9.17, 15) is 8.78 Å². The van der Waals surface area contributed by atoms with Gasteiger partial charge in [0.15, 0.2) is 0 Å². The van der Waals surface area contributed by atoms with Crippen LogP contribution >= 0.6 is 15.9 Å². The number of rotatable bonds is 3. The molecule has 5 heteroatoms. The van der Waals surface area contributed by atoms with Crippen molar-refractivity contribution in [3.05, 3.63) is 28.2 Å². The molecular weight excluding hydrogens is 258 g/mol. The maximum absolute atomic E-state index is 13.1.